The molecular formula is C22H25N7O4. The van der Waals surface area contributed by atoms with E-state index < -0.39 is 5.91 Å². The van der Waals surface area contributed by atoms with E-state index in [9.17, 15) is 9.59 Å². The number of anilines is 2. The fourth-order valence-corrected chi connectivity index (χ4v) is 3.23. The fourth-order valence-electron chi connectivity index (χ4n) is 3.23. The molecule has 0 saturated heterocycles. The second kappa shape index (κ2) is 9.67. The van der Waals surface area contributed by atoms with Crippen LogP contribution in [-0.4, -0.2) is 65.0 Å². The van der Waals surface area contributed by atoms with Gasteiger partial charge in [0.2, 0.25) is 11.9 Å². The van der Waals surface area contributed by atoms with Crippen LogP contribution in [0.4, 0.5) is 12.0 Å². The number of amides is 2. The van der Waals surface area contributed by atoms with E-state index in [-0.39, 0.29) is 19.1 Å². The topological polar surface area (TPSA) is 127 Å². The van der Waals surface area contributed by atoms with Gasteiger partial charge in [0.05, 0.1) is 24.2 Å². The molecule has 2 amide bonds. The van der Waals surface area contributed by atoms with Gasteiger partial charge in [-0.15, -0.1) is 0 Å². The van der Waals surface area contributed by atoms with E-state index in [1.165, 1.54) is 0 Å². The number of nitrogens with zero attached hydrogens (tertiary/aromatic N) is 4. The number of hydroxylamine groups is 1. The van der Waals surface area contributed by atoms with Gasteiger partial charge in [0.1, 0.15) is 5.52 Å². The molecular weight excluding hydrogens is 426 g/mol. The van der Waals surface area contributed by atoms with Crippen molar-refractivity contribution in [3.63, 3.8) is 0 Å². The van der Waals surface area contributed by atoms with E-state index >= 15 is 0 Å². The number of carbonyl (C=O) groups excluding carboxylic acids is 2. The summed E-state index contributed by atoms with van der Waals surface area (Å²) in [6, 6.07) is 13.0. The first-order valence-electron chi connectivity index (χ1n) is 10.3. The number of aryl methyl sites for hydroxylation is 1. The molecule has 11 heteroatoms. The Hall–Kier alpha value is -3.96. The van der Waals surface area contributed by atoms with Gasteiger partial charge in [-0.05, 0) is 44.4 Å². The van der Waals surface area contributed by atoms with Crippen molar-refractivity contribution in [2.24, 2.45) is 7.05 Å². The van der Waals surface area contributed by atoms with Crippen LogP contribution < -0.4 is 16.1 Å². The number of oxazole rings is 1. The van der Waals surface area contributed by atoms with Crippen molar-refractivity contribution in [2.45, 2.75) is 0 Å². The molecule has 172 valence electrons. The lowest BCUT2D eigenvalue weighted by molar-refractivity contribution is -0.122. The number of imidazole rings is 1. The lowest BCUT2D eigenvalue weighted by Crippen LogP contribution is -2.36. The first-order valence-corrected chi connectivity index (χ1v) is 10.3. The van der Waals surface area contributed by atoms with Crippen molar-refractivity contribution in [3.05, 3.63) is 48.0 Å². The Morgan fingerprint density at radius 1 is 1.12 bits per heavy atom. The largest absolute Gasteiger partial charge is 0.423 e. The van der Waals surface area contributed by atoms with Crippen LogP contribution in [0, 0.1) is 0 Å². The van der Waals surface area contributed by atoms with Crippen LogP contribution in [0.3, 0.4) is 0 Å². The number of fused-ring (bicyclic) bond motifs is 2. The molecule has 2 aromatic carbocycles. The van der Waals surface area contributed by atoms with E-state index in [2.05, 4.69) is 26.1 Å². The minimum atomic E-state index is -0.407. The molecule has 0 saturated carbocycles. The minimum Gasteiger partial charge on any atom is -0.423 e. The first kappa shape index (κ1) is 22.2. The summed E-state index contributed by atoms with van der Waals surface area (Å²) in [6.07, 6.45) is 0. The van der Waals surface area contributed by atoms with Gasteiger partial charge < -0.3 is 19.2 Å². The van der Waals surface area contributed by atoms with Crippen molar-refractivity contribution >= 4 is 45.9 Å². The number of carbonyl (C=O) groups is 2. The van der Waals surface area contributed by atoms with Crippen molar-refractivity contribution < 1.29 is 18.8 Å². The number of rotatable bonds is 9. The van der Waals surface area contributed by atoms with E-state index in [1.54, 1.807) is 23.1 Å². The van der Waals surface area contributed by atoms with Crippen molar-refractivity contribution in [3.8, 4) is 0 Å². The van der Waals surface area contributed by atoms with Gasteiger partial charge in [-0.25, -0.2) is 10.5 Å². The summed E-state index contributed by atoms with van der Waals surface area (Å²) in [6.45, 7) is 0.728. The van der Waals surface area contributed by atoms with Gasteiger partial charge in [-0.2, -0.15) is 4.98 Å². The molecule has 0 spiro atoms. The lowest BCUT2D eigenvalue weighted by atomic mass is 10.2. The molecule has 2 heterocycles. The molecule has 0 atom stereocenters. The molecule has 0 unspecified atom stereocenters. The number of nitrogens with one attached hydrogen (secondary N) is 3. The first-order chi connectivity index (χ1) is 15.9. The van der Waals surface area contributed by atoms with Crippen molar-refractivity contribution in [1.82, 2.24) is 30.2 Å². The average molecular weight is 451 g/mol. The molecule has 0 fully saturated rings. The maximum Gasteiger partial charge on any atom is 0.302 e. The van der Waals surface area contributed by atoms with Gasteiger partial charge >= 0.3 is 6.01 Å². The van der Waals surface area contributed by atoms with Crippen LogP contribution in [0.1, 0.15) is 10.4 Å². The van der Waals surface area contributed by atoms with E-state index in [0.29, 0.717) is 35.2 Å². The zero-order valence-electron chi connectivity index (χ0n) is 18.6. The summed E-state index contributed by atoms with van der Waals surface area (Å²) in [5.41, 5.74) is 5.65. The third kappa shape index (κ3) is 5.27. The number of para-hydroxylation sites is 2. The lowest BCUT2D eigenvalue weighted by Gasteiger charge is -2.10. The molecule has 0 bridgehead atoms. The summed E-state index contributed by atoms with van der Waals surface area (Å²) in [5, 5.41) is 5.78. The number of likely N-dealkylation sites (N-methyl/N-ethyl adjacent to an activating group) is 1. The highest BCUT2D eigenvalue weighted by atomic mass is 16.6. The monoisotopic (exact) mass is 451 g/mol. The molecule has 3 N–H and O–H groups in total. The highest BCUT2D eigenvalue weighted by Crippen LogP contribution is 2.24. The Morgan fingerprint density at radius 2 is 1.94 bits per heavy atom. The fraction of sp³-hybridized carbons (Fsp3) is 0.273. The highest BCUT2D eigenvalue weighted by molar-refractivity contribution is 5.97. The van der Waals surface area contributed by atoms with Crippen LogP contribution in [-0.2, 0) is 16.7 Å². The Morgan fingerprint density at radius 3 is 2.73 bits per heavy atom. The van der Waals surface area contributed by atoms with Crippen LogP contribution in [0.5, 0.6) is 0 Å². The Bertz CT molecular complexity index is 1260. The van der Waals surface area contributed by atoms with Crippen LogP contribution >= 0.6 is 0 Å². The molecule has 0 radical (unpaired) electrons. The predicted octanol–water partition coefficient (Wildman–Crippen LogP) is 1.80. The van der Waals surface area contributed by atoms with Crippen LogP contribution in [0.2, 0.25) is 0 Å². The maximum atomic E-state index is 12.4. The number of hydrogen-bond acceptors (Lipinski definition) is 8. The second-order valence-electron chi connectivity index (χ2n) is 7.68. The van der Waals surface area contributed by atoms with Crippen molar-refractivity contribution in [1.29, 1.82) is 0 Å². The number of benzene rings is 2. The van der Waals surface area contributed by atoms with Gasteiger partial charge in [0.25, 0.3) is 5.91 Å². The van der Waals surface area contributed by atoms with E-state index in [1.807, 2.05) is 50.0 Å². The molecule has 0 aliphatic rings. The van der Waals surface area contributed by atoms with E-state index in [0.717, 1.165) is 11.0 Å². The van der Waals surface area contributed by atoms with Crippen LogP contribution in [0.25, 0.3) is 22.1 Å². The Labute approximate surface area is 189 Å². The zero-order valence-corrected chi connectivity index (χ0v) is 18.6. The number of aromatic nitrogens is 3. The quantitative estimate of drug-likeness (QED) is 0.260. The second-order valence-corrected chi connectivity index (χ2v) is 7.68. The third-order valence-electron chi connectivity index (χ3n) is 4.81. The SMILES string of the molecule is CN(C)CC(=O)NCCONC(=O)c1ccc2c(c1)nc(Nc1nc3ccccc3o1)n2C. The standard InChI is InChI=1S/C22H25N7O4/c1-28(2)13-19(30)23-10-11-32-27-20(31)14-8-9-17-16(12-14)24-21(29(17)3)26-22-25-15-6-4-5-7-18(15)33-22/h4-9,12H,10-11,13H2,1-3H3,(H,23,30)(H,27,31)(H,24,25,26). The molecule has 4 rings (SSSR count). The van der Waals surface area contributed by atoms with Gasteiger partial charge in [-0.1, -0.05) is 12.1 Å². The molecule has 4 aromatic rings. The van der Waals surface area contributed by atoms with Gasteiger partial charge in [0.15, 0.2) is 5.58 Å². The highest BCUT2D eigenvalue weighted by Gasteiger charge is 2.14. The van der Waals surface area contributed by atoms with Crippen molar-refractivity contribution in [2.75, 3.05) is 39.1 Å². The molecule has 33 heavy (non-hydrogen) atoms. The summed E-state index contributed by atoms with van der Waals surface area (Å²) < 4.78 is 7.54. The maximum absolute atomic E-state index is 12.4. The summed E-state index contributed by atoms with van der Waals surface area (Å²) >= 11 is 0. The third-order valence-corrected chi connectivity index (χ3v) is 4.81. The average Bonchev–Trinajstić information content (AvgIpc) is 3.33. The van der Waals surface area contributed by atoms with Gasteiger partial charge in [0, 0.05) is 19.2 Å². The Balaban J connectivity index is 1.36. The summed E-state index contributed by atoms with van der Waals surface area (Å²) in [4.78, 5) is 39.9. The number of hydrogen-bond donors (Lipinski definition) is 3. The zero-order chi connectivity index (χ0) is 23.4. The molecule has 0 aliphatic carbocycles. The predicted molar refractivity (Wildman–Crippen MR) is 123 cm³/mol. The smallest absolute Gasteiger partial charge is 0.302 e. The van der Waals surface area contributed by atoms with Crippen LogP contribution in [0.15, 0.2) is 46.9 Å². The summed E-state index contributed by atoms with van der Waals surface area (Å²) in [7, 11) is 5.47. The van der Waals surface area contributed by atoms with Gasteiger partial charge in [-0.3, -0.25) is 19.7 Å². The minimum absolute atomic E-state index is 0.113. The normalized spacial score (nSPS) is 11.3. The molecule has 0 aliphatic heterocycles. The Kier molecular flexibility index (Phi) is 6.52. The van der Waals surface area contributed by atoms with E-state index in [4.69, 9.17) is 9.25 Å². The molecule has 2 aromatic heterocycles. The summed E-state index contributed by atoms with van der Waals surface area (Å²) in [5.74, 6) is 0.00672. The molecule has 11 nitrogen and oxygen atoms in total.